The fraction of sp³-hybridized carbons (Fsp3) is 0.300. The van der Waals surface area contributed by atoms with Gasteiger partial charge in [0.2, 0.25) is 15.9 Å². The van der Waals surface area contributed by atoms with Crippen LogP contribution in [-0.4, -0.2) is 39.3 Å². The number of hydrogen-bond acceptors (Lipinski definition) is 4. The number of anilines is 1. The van der Waals surface area contributed by atoms with Crippen molar-refractivity contribution in [2.75, 3.05) is 26.4 Å². The summed E-state index contributed by atoms with van der Waals surface area (Å²) in [5.41, 5.74) is 6.04. The van der Waals surface area contributed by atoms with Crippen LogP contribution >= 0.6 is 31.9 Å². The summed E-state index contributed by atoms with van der Waals surface area (Å²) in [6, 6.07) is 2.98. The van der Waals surface area contributed by atoms with Crippen LogP contribution in [0.25, 0.3) is 0 Å². The molecule has 0 aromatic heterocycles. The van der Waals surface area contributed by atoms with Gasteiger partial charge in [0.25, 0.3) is 0 Å². The third-order valence-corrected chi connectivity index (χ3v) is 6.02. The third-order valence-electron chi connectivity index (χ3n) is 2.33. The summed E-state index contributed by atoms with van der Waals surface area (Å²) in [4.78, 5) is 11.3. The molecule has 0 saturated heterocycles. The van der Waals surface area contributed by atoms with Crippen LogP contribution < -0.4 is 11.1 Å². The Kier molecular flexibility index (Phi) is 5.36. The van der Waals surface area contributed by atoms with E-state index >= 15 is 0 Å². The van der Waals surface area contributed by atoms with E-state index in [1.54, 1.807) is 0 Å². The molecule has 1 amide bonds. The van der Waals surface area contributed by atoms with Crippen LogP contribution in [0, 0.1) is 0 Å². The summed E-state index contributed by atoms with van der Waals surface area (Å²) >= 11 is 6.34. The highest BCUT2D eigenvalue weighted by molar-refractivity contribution is 9.11. The van der Waals surface area contributed by atoms with Gasteiger partial charge in [-0.05, 0) is 44.0 Å². The summed E-state index contributed by atoms with van der Waals surface area (Å²) in [5.74, 6) is -0.395. The molecule has 9 heteroatoms. The number of halogens is 2. The fourth-order valence-corrected chi connectivity index (χ4v) is 5.01. The molecular weight excluding hydrogens is 402 g/mol. The van der Waals surface area contributed by atoms with Crippen LogP contribution in [0.5, 0.6) is 0 Å². The largest absolute Gasteiger partial charge is 0.399 e. The van der Waals surface area contributed by atoms with Crippen molar-refractivity contribution in [1.82, 2.24) is 9.62 Å². The van der Waals surface area contributed by atoms with E-state index < -0.39 is 15.9 Å². The Morgan fingerprint density at radius 3 is 2.26 bits per heavy atom. The summed E-state index contributed by atoms with van der Waals surface area (Å²) in [5, 5.41) is 2.37. The van der Waals surface area contributed by atoms with Crippen molar-refractivity contribution < 1.29 is 13.2 Å². The van der Waals surface area contributed by atoms with E-state index in [9.17, 15) is 13.2 Å². The molecule has 0 spiro atoms. The molecule has 0 atom stereocenters. The van der Waals surface area contributed by atoms with Gasteiger partial charge in [0.15, 0.2) is 0 Å². The third kappa shape index (κ3) is 3.68. The second kappa shape index (κ2) is 6.21. The highest BCUT2D eigenvalue weighted by Gasteiger charge is 2.27. The molecule has 0 aliphatic heterocycles. The molecule has 0 unspecified atom stereocenters. The summed E-state index contributed by atoms with van der Waals surface area (Å²) in [6.45, 7) is -0.262. The number of nitrogens with one attached hydrogen (secondary N) is 1. The number of nitrogen functional groups attached to an aromatic ring is 1. The van der Waals surface area contributed by atoms with Crippen molar-refractivity contribution >= 4 is 53.5 Å². The molecule has 1 aromatic rings. The van der Waals surface area contributed by atoms with E-state index in [0.29, 0.717) is 14.6 Å². The highest BCUT2D eigenvalue weighted by Crippen LogP contribution is 2.33. The first-order valence-electron chi connectivity index (χ1n) is 5.11. The van der Waals surface area contributed by atoms with Gasteiger partial charge in [0.05, 0.1) is 6.54 Å². The molecule has 0 bridgehead atoms. The maximum Gasteiger partial charge on any atom is 0.245 e. The number of nitrogens with zero attached hydrogens (tertiary/aromatic N) is 1. The van der Waals surface area contributed by atoms with Crippen molar-refractivity contribution in [2.24, 2.45) is 0 Å². The first kappa shape index (κ1) is 16.4. The normalized spacial score (nSPS) is 11.6. The maximum absolute atomic E-state index is 12.4. The van der Waals surface area contributed by atoms with E-state index in [4.69, 9.17) is 5.73 Å². The molecule has 0 aliphatic carbocycles. The molecule has 1 aromatic carbocycles. The molecular formula is C10H13Br2N3O3S. The summed E-state index contributed by atoms with van der Waals surface area (Å²) in [7, 11) is -1.02. The Morgan fingerprint density at radius 2 is 1.84 bits per heavy atom. The predicted octanol–water partition coefficient (Wildman–Crippen LogP) is 1.16. The van der Waals surface area contributed by atoms with Gasteiger partial charge in [-0.1, -0.05) is 0 Å². The van der Waals surface area contributed by atoms with E-state index in [1.807, 2.05) is 0 Å². The number of amides is 1. The SMILES string of the molecule is CNC(=O)CN(C)S(=O)(=O)c1c(Br)cc(N)cc1Br. The minimum absolute atomic E-state index is 0.0353. The van der Waals surface area contributed by atoms with Crippen molar-refractivity contribution in [3.05, 3.63) is 21.1 Å². The molecule has 0 fully saturated rings. The Morgan fingerprint density at radius 1 is 1.37 bits per heavy atom. The average Bonchev–Trinajstić information content (AvgIpc) is 2.26. The molecule has 0 saturated carbocycles. The smallest absolute Gasteiger partial charge is 0.245 e. The average molecular weight is 415 g/mol. The number of sulfonamides is 1. The first-order chi connectivity index (χ1) is 8.70. The van der Waals surface area contributed by atoms with Crippen LogP contribution in [0.1, 0.15) is 0 Å². The lowest BCUT2D eigenvalue weighted by atomic mass is 10.3. The first-order valence-corrected chi connectivity index (χ1v) is 8.14. The van der Waals surface area contributed by atoms with Gasteiger partial charge >= 0.3 is 0 Å². The quantitative estimate of drug-likeness (QED) is 0.723. The molecule has 106 valence electrons. The lowest BCUT2D eigenvalue weighted by Gasteiger charge is -2.18. The van der Waals surface area contributed by atoms with E-state index in [2.05, 4.69) is 37.2 Å². The van der Waals surface area contributed by atoms with Crippen molar-refractivity contribution in [2.45, 2.75) is 4.90 Å². The van der Waals surface area contributed by atoms with Gasteiger partial charge in [0, 0.05) is 28.7 Å². The van der Waals surface area contributed by atoms with E-state index in [1.165, 1.54) is 26.2 Å². The van der Waals surface area contributed by atoms with Crippen LogP contribution in [0.2, 0.25) is 0 Å². The maximum atomic E-state index is 12.4. The standard InChI is InChI=1S/C10H13Br2N3O3S/c1-14-9(16)5-15(2)19(17,18)10-7(11)3-6(13)4-8(10)12/h3-4H,5,13H2,1-2H3,(H,14,16). The molecule has 1 rings (SSSR count). The van der Waals surface area contributed by atoms with Crippen LogP contribution in [0.3, 0.4) is 0 Å². The predicted molar refractivity (Wildman–Crippen MR) is 80.1 cm³/mol. The second-order valence-electron chi connectivity index (χ2n) is 3.75. The second-order valence-corrected chi connectivity index (χ2v) is 7.44. The number of likely N-dealkylation sites (N-methyl/N-ethyl adjacent to an activating group) is 2. The van der Waals surface area contributed by atoms with Gasteiger partial charge in [-0.2, -0.15) is 4.31 Å². The van der Waals surface area contributed by atoms with Gasteiger partial charge < -0.3 is 11.1 Å². The lowest BCUT2D eigenvalue weighted by molar-refractivity contribution is -0.120. The van der Waals surface area contributed by atoms with Crippen molar-refractivity contribution in [3.8, 4) is 0 Å². The van der Waals surface area contributed by atoms with E-state index in [0.717, 1.165) is 4.31 Å². The zero-order chi connectivity index (χ0) is 14.8. The number of carbonyl (C=O) groups excluding carboxylic acids is 1. The Bertz CT molecular complexity index is 581. The number of rotatable bonds is 4. The van der Waals surface area contributed by atoms with Crippen LogP contribution in [0.4, 0.5) is 5.69 Å². The Labute approximate surface area is 128 Å². The topological polar surface area (TPSA) is 92.5 Å². The molecule has 6 nitrogen and oxygen atoms in total. The Balaban J connectivity index is 3.24. The summed E-state index contributed by atoms with van der Waals surface area (Å²) in [6.07, 6.45) is 0. The minimum atomic E-state index is -3.80. The van der Waals surface area contributed by atoms with Crippen LogP contribution in [0.15, 0.2) is 26.0 Å². The summed E-state index contributed by atoms with van der Waals surface area (Å²) < 4.78 is 26.4. The number of hydrogen-bond donors (Lipinski definition) is 2. The number of carbonyl (C=O) groups is 1. The molecule has 0 heterocycles. The lowest BCUT2D eigenvalue weighted by Crippen LogP contribution is -2.37. The zero-order valence-electron chi connectivity index (χ0n) is 10.3. The molecule has 19 heavy (non-hydrogen) atoms. The van der Waals surface area contributed by atoms with Crippen molar-refractivity contribution in [3.63, 3.8) is 0 Å². The fourth-order valence-electron chi connectivity index (χ4n) is 1.35. The van der Waals surface area contributed by atoms with Gasteiger partial charge in [-0.15, -0.1) is 0 Å². The van der Waals surface area contributed by atoms with Gasteiger partial charge in [0.1, 0.15) is 4.90 Å². The van der Waals surface area contributed by atoms with Gasteiger partial charge in [-0.3, -0.25) is 4.79 Å². The molecule has 0 aliphatic rings. The molecule has 0 radical (unpaired) electrons. The molecule has 3 N–H and O–H groups in total. The van der Waals surface area contributed by atoms with Crippen molar-refractivity contribution in [1.29, 1.82) is 0 Å². The number of benzene rings is 1. The number of nitrogens with two attached hydrogens (primary N) is 1. The van der Waals surface area contributed by atoms with Crippen LogP contribution in [-0.2, 0) is 14.8 Å². The van der Waals surface area contributed by atoms with Gasteiger partial charge in [-0.25, -0.2) is 8.42 Å². The Hall–Kier alpha value is -0.640. The monoisotopic (exact) mass is 413 g/mol. The van der Waals surface area contributed by atoms with E-state index in [-0.39, 0.29) is 11.4 Å². The zero-order valence-corrected chi connectivity index (χ0v) is 14.3. The minimum Gasteiger partial charge on any atom is -0.399 e. The highest BCUT2D eigenvalue weighted by atomic mass is 79.9.